The van der Waals surface area contributed by atoms with E-state index >= 15 is 0 Å². The summed E-state index contributed by atoms with van der Waals surface area (Å²) in [4.78, 5) is 2.26. The van der Waals surface area contributed by atoms with E-state index in [2.05, 4.69) is 17.0 Å². The molecule has 0 radical (unpaired) electrons. The molecule has 1 aliphatic rings. The first kappa shape index (κ1) is 14.0. The Morgan fingerprint density at radius 2 is 2.24 bits per heavy atom. The monoisotopic (exact) mass is 235 g/mol. The first-order valence-electron chi connectivity index (χ1n) is 6.34. The number of hydrogen-bond donors (Lipinski definition) is 1. The summed E-state index contributed by atoms with van der Waals surface area (Å²) in [5, 5.41) is 27.1. The lowest BCUT2D eigenvalue weighted by Gasteiger charge is -2.34. The maximum atomic E-state index is 9.59. The van der Waals surface area contributed by atoms with Crippen molar-refractivity contribution in [2.24, 2.45) is 11.8 Å². The second-order valence-electron chi connectivity index (χ2n) is 4.93. The van der Waals surface area contributed by atoms with Gasteiger partial charge in [0.25, 0.3) is 0 Å². The number of nitrogens with zero attached hydrogens (tertiary/aromatic N) is 3. The quantitative estimate of drug-likeness (QED) is 0.784. The second kappa shape index (κ2) is 7.27. The average Bonchev–Trinajstić information content (AvgIpc) is 2.34. The van der Waals surface area contributed by atoms with E-state index in [-0.39, 0.29) is 12.0 Å². The number of likely N-dealkylation sites (tertiary alicyclic amines) is 1. The van der Waals surface area contributed by atoms with E-state index in [1.807, 2.05) is 6.92 Å². The Bertz CT molecular complexity index is 303. The van der Waals surface area contributed by atoms with Gasteiger partial charge in [-0.3, -0.25) is 0 Å². The van der Waals surface area contributed by atoms with Gasteiger partial charge in [0.05, 0.1) is 24.2 Å². The molecule has 0 aliphatic carbocycles. The smallest absolute Gasteiger partial charge is 0.0669 e. The van der Waals surface area contributed by atoms with Crippen LogP contribution in [-0.2, 0) is 0 Å². The Morgan fingerprint density at radius 1 is 1.47 bits per heavy atom. The van der Waals surface area contributed by atoms with Crippen molar-refractivity contribution in [2.75, 3.05) is 19.6 Å². The van der Waals surface area contributed by atoms with Crippen molar-refractivity contribution in [1.82, 2.24) is 4.90 Å². The molecule has 0 aromatic carbocycles. The fourth-order valence-electron chi connectivity index (χ4n) is 2.40. The van der Waals surface area contributed by atoms with E-state index in [1.165, 1.54) is 0 Å². The van der Waals surface area contributed by atoms with Crippen LogP contribution in [0.5, 0.6) is 0 Å². The lowest BCUT2D eigenvalue weighted by molar-refractivity contribution is 0.0589. The summed E-state index contributed by atoms with van der Waals surface area (Å²) in [7, 11) is 0. The molecule has 0 aromatic rings. The molecule has 0 bridgehead atoms. The Kier molecular flexibility index (Phi) is 5.97. The standard InChI is InChI=1S/C13H21N3O/c1-11(17)13-5-3-7-16(10-13)9-12(8-15)4-2-6-14/h11-13,17H,2-5,7,9-10H2,1H3/t11-,12+,13-/m0/s1. The summed E-state index contributed by atoms with van der Waals surface area (Å²) in [5.41, 5.74) is 0. The van der Waals surface area contributed by atoms with Gasteiger partial charge < -0.3 is 10.0 Å². The third kappa shape index (κ3) is 4.73. The molecule has 0 spiro atoms. The molecule has 0 aromatic heterocycles. The van der Waals surface area contributed by atoms with E-state index in [0.717, 1.165) is 32.5 Å². The Morgan fingerprint density at radius 3 is 2.82 bits per heavy atom. The minimum Gasteiger partial charge on any atom is -0.393 e. The largest absolute Gasteiger partial charge is 0.393 e. The molecular weight excluding hydrogens is 214 g/mol. The van der Waals surface area contributed by atoms with Crippen LogP contribution in [0.15, 0.2) is 0 Å². The number of aliphatic hydroxyl groups excluding tert-OH is 1. The van der Waals surface area contributed by atoms with Crippen molar-refractivity contribution in [3.8, 4) is 12.1 Å². The van der Waals surface area contributed by atoms with E-state index in [4.69, 9.17) is 10.5 Å². The van der Waals surface area contributed by atoms with E-state index in [1.54, 1.807) is 0 Å². The maximum absolute atomic E-state index is 9.59. The van der Waals surface area contributed by atoms with Crippen LogP contribution >= 0.6 is 0 Å². The lowest BCUT2D eigenvalue weighted by atomic mass is 9.92. The highest BCUT2D eigenvalue weighted by Crippen LogP contribution is 2.21. The zero-order valence-electron chi connectivity index (χ0n) is 10.5. The lowest BCUT2D eigenvalue weighted by Crippen LogP contribution is -2.41. The molecule has 94 valence electrons. The number of nitriles is 2. The fraction of sp³-hybridized carbons (Fsp3) is 0.846. The highest BCUT2D eigenvalue weighted by molar-refractivity contribution is 4.89. The molecule has 1 N–H and O–H groups in total. The molecule has 1 heterocycles. The van der Waals surface area contributed by atoms with Gasteiger partial charge in [0.2, 0.25) is 0 Å². The number of rotatable bonds is 5. The minimum atomic E-state index is -0.266. The molecule has 4 nitrogen and oxygen atoms in total. The van der Waals surface area contributed by atoms with Crippen LogP contribution < -0.4 is 0 Å². The van der Waals surface area contributed by atoms with Gasteiger partial charge in [-0.15, -0.1) is 0 Å². The molecule has 1 rings (SSSR count). The molecule has 0 saturated carbocycles. The van der Waals surface area contributed by atoms with Gasteiger partial charge in [-0.25, -0.2) is 0 Å². The summed E-state index contributed by atoms with van der Waals surface area (Å²) in [6, 6.07) is 4.36. The molecule has 4 heteroatoms. The highest BCUT2D eigenvalue weighted by Gasteiger charge is 2.24. The Labute approximate surface area is 103 Å². The number of piperidine rings is 1. The zero-order chi connectivity index (χ0) is 12.7. The predicted molar refractivity (Wildman–Crippen MR) is 64.8 cm³/mol. The first-order valence-corrected chi connectivity index (χ1v) is 6.34. The predicted octanol–water partition coefficient (Wildman–Crippen LogP) is 1.52. The third-order valence-electron chi connectivity index (χ3n) is 3.49. The summed E-state index contributed by atoms with van der Waals surface area (Å²) in [5.74, 6) is 0.279. The minimum absolute atomic E-state index is 0.0533. The van der Waals surface area contributed by atoms with Crippen LogP contribution in [0.3, 0.4) is 0 Å². The summed E-state index contributed by atoms with van der Waals surface area (Å²) < 4.78 is 0. The van der Waals surface area contributed by atoms with Gasteiger partial charge in [-0.1, -0.05) is 0 Å². The van der Waals surface area contributed by atoms with Crippen LogP contribution in [-0.4, -0.2) is 35.7 Å². The average molecular weight is 235 g/mol. The highest BCUT2D eigenvalue weighted by atomic mass is 16.3. The maximum Gasteiger partial charge on any atom is 0.0669 e. The van der Waals surface area contributed by atoms with Gasteiger partial charge in [0.15, 0.2) is 0 Å². The Hall–Kier alpha value is -1.10. The molecule has 3 atom stereocenters. The Balaban J connectivity index is 2.39. The van der Waals surface area contributed by atoms with Crippen molar-refractivity contribution in [3.63, 3.8) is 0 Å². The first-order chi connectivity index (χ1) is 8.17. The molecule has 1 fully saturated rings. The van der Waals surface area contributed by atoms with E-state index < -0.39 is 0 Å². The normalized spacial score (nSPS) is 24.6. The topological polar surface area (TPSA) is 71.0 Å². The van der Waals surface area contributed by atoms with Crippen LogP contribution in [0.4, 0.5) is 0 Å². The molecule has 1 saturated heterocycles. The van der Waals surface area contributed by atoms with Crippen LogP contribution in [0.1, 0.15) is 32.6 Å². The molecule has 17 heavy (non-hydrogen) atoms. The summed E-state index contributed by atoms with van der Waals surface area (Å²) in [6.45, 7) is 4.46. The SMILES string of the molecule is C[C@H](O)[C@H]1CCCN(C[C@@H](C#N)CCC#N)C1. The van der Waals surface area contributed by atoms with Crippen molar-refractivity contribution in [1.29, 1.82) is 10.5 Å². The van der Waals surface area contributed by atoms with Gasteiger partial charge in [-0.2, -0.15) is 10.5 Å². The van der Waals surface area contributed by atoms with Crippen LogP contribution in [0.25, 0.3) is 0 Å². The van der Waals surface area contributed by atoms with Crippen molar-refractivity contribution >= 4 is 0 Å². The number of aliphatic hydroxyl groups is 1. The zero-order valence-corrected chi connectivity index (χ0v) is 10.5. The van der Waals surface area contributed by atoms with Gasteiger partial charge >= 0.3 is 0 Å². The van der Waals surface area contributed by atoms with Gasteiger partial charge in [-0.05, 0) is 38.6 Å². The fourth-order valence-corrected chi connectivity index (χ4v) is 2.40. The van der Waals surface area contributed by atoms with E-state index in [9.17, 15) is 5.11 Å². The van der Waals surface area contributed by atoms with Gasteiger partial charge in [0, 0.05) is 19.5 Å². The summed E-state index contributed by atoms with van der Waals surface area (Å²) in [6.07, 6.45) is 3.00. The summed E-state index contributed by atoms with van der Waals surface area (Å²) >= 11 is 0. The van der Waals surface area contributed by atoms with Crippen molar-refractivity contribution in [3.05, 3.63) is 0 Å². The van der Waals surface area contributed by atoms with Crippen LogP contribution in [0, 0.1) is 34.5 Å². The van der Waals surface area contributed by atoms with Crippen molar-refractivity contribution < 1.29 is 5.11 Å². The molecule has 1 aliphatic heterocycles. The molecular formula is C13H21N3O. The van der Waals surface area contributed by atoms with E-state index in [0.29, 0.717) is 18.8 Å². The molecule has 0 amide bonds. The molecule has 0 unspecified atom stereocenters. The van der Waals surface area contributed by atoms with Crippen molar-refractivity contribution in [2.45, 2.75) is 38.7 Å². The van der Waals surface area contributed by atoms with Crippen LogP contribution in [0.2, 0.25) is 0 Å². The number of hydrogen-bond acceptors (Lipinski definition) is 4. The second-order valence-corrected chi connectivity index (χ2v) is 4.93. The third-order valence-corrected chi connectivity index (χ3v) is 3.49. The van der Waals surface area contributed by atoms with Gasteiger partial charge in [0.1, 0.15) is 0 Å².